The number of rotatable bonds is 4. The summed E-state index contributed by atoms with van der Waals surface area (Å²) in [5.41, 5.74) is 7.06. The van der Waals surface area contributed by atoms with E-state index < -0.39 is 5.41 Å². The van der Waals surface area contributed by atoms with Crippen LogP contribution in [0.1, 0.15) is 46.1 Å². The highest BCUT2D eigenvalue weighted by Crippen LogP contribution is 2.45. The van der Waals surface area contributed by atoms with Gasteiger partial charge >= 0.3 is 0 Å². The maximum absolute atomic E-state index is 10.3. The van der Waals surface area contributed by atoms with Crippen molar-refractivity contribution in [2.45, 2.75) is 46.0 Å². The molecular formula is C19H29NO2. The first kappa shape index (κ1) is 18.3. The summed E-state index contributed by atoms with van der Waals surface area (Å²) in [7, 11) is 0. The zero-order valence-corrected chi connectivity index (χ0v) is 14.1. The van der Waals surface area contributed by atoms with Crippen molar-refractivity contribution in [3.05, 3.63) is 53.3 Å². The van der Waals surface area contributed by atoms with E-state index in [0.717, 1.165) is 24.0 Å². The normalized spacial score (nSPS) is 18.2. The quantitative estimate of drug-likeness (QED) is 0.770. The molecule has 1 aromatic rings. The Morgan fingerprint density at radius 3 is 2.27 bits per heavy atom. The van der Waals surface area contributed by atoms with E-state index in [2.05, 4.69) is 13.0 Å². The number of aliphatic hydroxyl groups excluding tert-OH is 1. The van der Waals surface area contributed by atoms with E-state index in [1.807, 2.05) is 39.0 Å². The second kappa shape index (κ2) is 8.04. The first-order valence-electron chi connectivity index (χ1n) is 8.10. The van der Waals surface area contributed by atoms with E-state index in [1.165, 1.54) is 0 Å². The van der Waals surface area contributed by atoms with Crippen LogP contribution in [-0.2, 0) is 5.41 Å². The number of hydrogen-bond acceptors (Lipinski definition) is 3. The Labute approximate surface area is 134 Å². The van der Waals surface area contributed by atoms with Gasteiger partial charge in [-0.1, -0.05) is 52.0 Å². The fraction of sp³-hybridized carbons (Fsp3) is 0.474. The zero-order chi connectivity index (χ0) is 16.8. The Kier molecular flexibility index (Phi) is 6.69. The number of phenols is 1. The van der Waals surface area contributed by atoms with E-state index in [1.54, 1.807) is 12.1 Å². The summed E-state index contributed by atoms with van der Waals surface area (Å²) in [6.07, 6.45) is 5.66. The number of nitrogens with two attached hydrogens (primary N) is 1. The van der Waals surface area contributed by atoms with Gasteiger partial charge in [-0.15, -0.1) is 0 Å². The third-order valence-electron chi connectivity index (χ3n) is 4.49. The van der Waals surface area contributed by atoms with E-state index >= 15 is 0 Å². The molecule has 0 aromatic heterocycles. The second-order valence-corrected chi connectivity index (χ2v) is 5.64. The monoisotopic (exact) mass is 303 g/mol. The molecule has 122 valence electrons. The van der Waals surface area contributed by atoms with Crippen LogP contribution in [0.4, 0.5) is 0 Å². The largest absolute Gasteiger partial charge is 0.508 e. The van der Waals surface area contributed by atoms with E-state index in [9.17, 15) is 10.2 Å². The van der Waals surface area contributed by atoms with Crippen molar-refractivity contribution >= 4 is 0 Å². The molecule has 0 saturated carbocycles. The minimum atomic E-state index is -0.499. The van der Waals surface area contributed by atoms with Crippen molar-refractivity contribution in [2.75, 3.05) is 6.54 Å². The van der Waals surface area contributed by atoms with Crippen molar-refractivity contribution in [1.82, 2.24) is 0 Å². The third-order valence-corrected chi connectivity index (χ3v) is 4.49. The molecule has 0 aliphatic heterocycles. The molecule has 22 heavy (non-hydrogen) atoms. The number of aliphatic hydroxyl groups is 1. The molecular weight excluding hydrogens is 274 g/mol. The van der Waals surface area contributed by atoms with Gasteiger partial charge < -0.3 is 15.9 Å². The Bertz CT molecular complexity index is 548. The SMILES string of the molecule is CC.CC(CN)C(C)(C1=CCCC=C1O)c1ccccc1O. The molecule has 3 heteroatoms. The molecule has 2 atom stereocenters. The van der Waals surface area contributed by atoms with Crippen molar-refractivity contribution in [1.29, 1.82) is 0 Å². The van der Waals surface area contributed by atoms with Gasteiger partial charge in [0, 0.05) is 16.6 Å². The molecule has 2 rings (SSSR count). The Hall–Kier alpha value is -1.74. The molecule has 0 radical (unpaired) electrons. The fourth-order valence-corrected chi connectivity index (χ4v) is 2.96. The van der Waals surface area contributed by atoms with Crippen LogP contribution in [0.25, 0.3) is 0 Å². The van der Waals surface area contributed by atoms with E-state index in [0.29, 0.717) is 12.3 Å². The Balaban J connectivity index is 0.00000116. The molecule has 1 aliphatic rings. The molecule has 0 spiro atoms. The number of benzene rings is 1. The summed E-state index contributed by atoms with van der Waals surface area (Å²) in [4.78, 5) is 0. The maximum Gasteiger partial charge on any atom is 0.119 e. The molecule has 0 heterocycles. The fourth-order valence-electron chi connectivity index (χ4n) is 2.96. The van der Waals surface area contributed by atoms with Crippen LogP contribution in [0.5, 0.6) is 5.75 Å². The van der Waals surface area contributed by atoms with Crippen LogP contribution in [-0.4, -0.2) is 16.8 Å². The van der Waals surface area contributed by atoms with E-state index in [4.69, 9.17) is 5.73 Å². The molecule has 1 aliphatic carbocycles. The minimum Gasteiger partial charge on any atom is -0.508 e. The highest BCUT2D eigenvalue weighted by Gasteiger charge is 2.40. The Morgan fingerprint density at radius 1 is 1.14 bits per heavy atom. The predicted molar refractivity (Wildman–Crippen MR) is 93.1 cm³/mol. The van der Waals surface area contributed by atoms with Crippen LogP contribution < -0.4 is 5.73 Å². The molecule has 1 aromatic carbocycles. The van der Waals surface area contributed by atoms with Gasteiger partial charge in [0.15, 0.2) is 0 Å². The summed E-state index contributed by atoms with van der Waals surface area (Å²) in [6.45, 7) is 8.57. The molecule has 3 nitrogen and oxygen atoms in total. The highest BCUT2D eigenvalue weighted by atomic mass is 16.3. The van der Waals surface area contributed by atoms with Gasteiger partial charge in [0.1, 0.15) is 11.5 Å². The zero-order valence-electron chi connectivity index (χ0n) is 14.1. The molecule has 4 N–H and O–H groups in total. The number of hydrogen-bond donors (Lipinski definition) is 3. The van der Waals surface area contributed by atoms with Gasteiger partial charge in [0.2, 0.25) is 0 Å². The lowest BCUT2D eigenvalue weighted by Gasteiger charge is -2.39. The smallest absolute Gasteiger partial charge is 0.119 e. The lowest BCUT2D eigenvalue weighted by Crippen LogP contribution is -2.38. The highest BCUT2D eigenvalue weighted by molar-refractivity contribution is 5.50. The van der Waals surface area contributed by atoms with Crippen LogP contribution in [0.15, 0.2) is 47.7 Å². The maximum atomic E-state index is 10.3. The van der Waals surface area contributed by atoms with Gasteiger partial charge in [0.05, 0.1) is 0 Å². The van der Waals surface area contributed by atoms with Crippen LogP contribution in [0, 0.1) is 5.92 Å². The van der Waals surface area contributed by atoms with Crippen LogP contribution in [0.3, 0.4) is 0 Å². The molecule has 2 unspecified atom stereocenters. The molecule has 0 fully saturated rings. The first-order valence-corrected chi connectivity index (χ1v) is 8.10. The summed E-state index contributed by atoms with van der Waals surface area (Å²) >= 11 is 0. The van der Waals surface area contributed by atoms with Gasteiger partial charge in [-0.05, 0) is 37.4 Å². The topological polar surface area (TPSA) is 66.5 Å². The second-order valence-electron chi connectivity index (χ2n) is 5.64. The number of phenolic OH excluding ortho intramolecular Hbond substituents is 1. The molecule has 0 saturated heterocycles. The van der Waals surface area contributed by atoms with Gasteiger partial charge in [-0.3, -0.25) is 0 Å². The Morgan fingerprint density at radius 2 is 1.73 bits per heavy atom. The lowest BCUT2D eigenvalue weighted by atomic mass is 9.65. The molecule has 0 amide bonds. The van der Waals surface area contributed by atoms with Crippen molar-refractivity contribution < 1.29 is 10.2 Å². The van der Waals surface area contributed by atoms with E-state index in [-0.39, 0.29) is 11.7 Å². The predicted octanol–water partition coefficient (Wildman–Crippen LogP) is 4.43. The minimum absolute atomic E-state index is 0.0932. The number of aromatic hydroxyl groups is 1. The first-order chi connectivity index (χ1) is 10.5. The average molecular weight is 303 g/mol. The lowest BCUT2D eigenvalue weighted by molar-refractivity contribution is 0.321. The average Bonchev–Trinajstić information content (AvgIpc) is 2.56. The third kappa shape index (κ3) is 3.36. The van der Waals surface area contributed by atoms with Crippen molar-refractivity contribution in [3.63, 3.8) is 0 Å². The molecule has 0 bridgehead atoms. The van der Waals surface area contributed by atoms with Gasteiger partial charge in [-0.2, -0.15) is 0 Å². The summed E-state index contributed by atoms with van der Waals surface area (Å²) in [5, 5.41) is 20.5. The van der Waals surface area contributed by atoms with Gasteiger partial charge in [0.25, 0.3) is 0 Å². The number of allylic oxidation sites excluding steroid dienone is 3. The summed E-state index contributed by atoms with van der Waals surface area (Å²) in [6, 6.07) is 7.29. The van der Waals surface area contributed by atoms with Crippen LogP contribution >= 0.6 is 0 Å². The summed E-state index contributed by atoms with van der Waals surface area (Å²) < 4.78 is 0. The van der Waals surface area contributed by atoms with Crippen molar-refractivity contribution in [3.8, 4) is 5.75 Å². The van der Waals surface area contributed by atoms with Crippen molar-refractivity contribution in [2.24, 2.45) is 11.7 Å². The number of para-hydroxylation sites is 1. The standard InChI is InChI=1S/C17H23NO2.C2H6/c1-12(11-18)17(2,13-7-3-5-9-15(13)19)14-8-4-6-10-16(14)20;1-2/h3,5,7-10,12,19-20H,4,6,11,18H2,1-2H3;1-2H3. The summed E-state index contributed by atoms with van der Waals surface area (Å²) in [5.74, 6) is 0.646. The van der Waals surface area contributed by atoms with Crippen LogP contribution in [0.2, 0.25) is 0 Å². The van der Waals surface area contributed by atoms with Gasteiger partial charge in [-0.25, -0.2) is 0 Å².